The molecule has 2 aromatic rings. The zero-order valence-corrected chi connectivity index (χ0v) is 14.9. The maximum absolute atomic E-state index is 12.1. The van der Waals surface area contributed by atoms with Gasteiger partial charge in [-0.3, -0.25) is 4.79 Å². The Bertz CT molecular complexity index is 687. The summed E-state index contributed by atoms with van der Waals surface area (Å²) in [7, 11) is 4.58. The van der Waals surface area contributed by atoms with Crippen molar-refractivity contribution >= 4 is 11.6 Å². The average molecular weight is 345 g/mol. The molecule has 6 heteroatoms. The van der Waals surface area contributed by atoms with Crippen molar-refractivity contribution in [2.75, 3.05) is 33.3 Å². The highest BCUT2D eigenvalue weighted by Crippen LogP contribution is 2.39. The molecule has 0 aliphatic rings. The summed E-state index contributed by atoms with van der Waals surface area (Å²) in [5.41, 5.74) is 1.72. The van der Waals surface area contributed by atoms with Crippen molar-refractivity contribution in [2.45, 2.75) is 13.3 Å². The highest BCUT2D eigenvalue weighted by atomic mass is 16.5. The van der Waals surface area contributed by atoms with Crippen LogP contribution in [0, 0.1) is 6.92 Å². The Morgan fingerprint density at radius 1 is 0.960 bits per heavy atom. The van der Waals surface area contributed by atoms with Gasteiger partial charge in [-0.15, -0.1) is 0 Å². The number of aryl methyl sites for hydroxylation is 1. The Kier molecular flexibility index (Phi) is 6.51. The van der Waals surface area contributed by atoms with Gasteiger partial charge in [0.1, 0.15) is 5.75 Å². The van der Waals surface area contributed by atoms with Crippen LogP contribution in [0.5, 0.6) is 23.0 Å². The molecule has 0 aliphatic heterocycles. The first-order valence-corrected chi connectivity index (χ1v) is 7.86. The van der Waals surface area contributed by atoms with Gasteiger partial charge in [0.25, 0.3) is 0 Å². The van der Waals surface area contributed by atoms with E-state index in [1.165, 1.54) is 21.3 Å². The molecule has 0 saturated carbocycles. The zero-order valence-electron chi connectivity index (χ0n) is 14.9. The van der Waals surface area contributed by atoms with Gasteiger partial charge in [0.15, 0.2) is 11.5 Å². The topological polar surface area (TPSA) is 66.0 Å². The van der Waals surface area contributed by atoms with Crippen molar-refractivity contribution < 1.29 is 23.7 Å². The molecule has 0 heterocycles. The Hall–Kier alpha value is -2.89. The predicted octanol–water partition coefficient (Wildman–Crippen LogP) is 3.43. The van der Waals surface area contributed by atoms with Crippen LogP contribution in [0.2, 0.25) is 0 Å². The largest absolute Gasteiger partial charge is 0.493 e. The minimum absolute atomic E-state index is 0.165. The number of hydrogen-bond donors (Lipinski definition) is 1. The molecule has 0 saturated heterocycles. The Balaban J connectivity index is 1.94. The standard InChI is InChI=1S/C19H23NO5/c1-13-5-7-15(8-6-13)25-10-9-18(21)20-14-11-16(22-2)19(24-4)17(12-14)23-3/h5-8,11-12H,9-10H2,1-4H3,(H,20,21). The third-order valence-corrected chi connectivity index (χ3v) is 3.57. The summed E-state index contributed by atoms with van der Waals surface area (Å²) in [4.78, 5) is 12.1. The lowest BCUT2D eigenvalue weighted by Gasteiger charge is -2.14. The normalized spacial score (nSPS) is 10.1. The van der Waals surface area contributed by atoms with E-state index in [4.69, 9.17) is 18.9 Å². The van der Waals surface area contributed by atoms with E-state index in [1.54, 1.807) is 12.1 Å². The molecular weight excluding hydrogens is 322 g/mol. The van der Waals surface area contributed by atoms with Crippen molar-refractivity contribution in [2.24, 2.45) is 0 Å². The molecule has 25 heavy (non-hydrogen) atoms. The summed E-state index contributed by atoms with van der Waals surface area (Å²) in [6, 6.07) is 11.1. The SMILES string of the molecule is COc1cc(NC(=O)CCOc2ccc(C)cc2)cc(OC)c1OC. The summed E-state index contributed by atoms with van der Waals surface area (Å²) in [6.07, 6.45) is 0.227. The Labute approximate surface area is 147 Å². The molecule has 6 nitrogen and oxygen atoms in total. The van der Waals surface area contributed by atoms with Crippen LogP contribution >= 0.6 is 0 Å². The van der Waals surface area contributed by atoms with Crippen molar-refractivity contribution in [3.8, 4) is 23.0 Å². The van der Waals surface area contributed by atoms with Gasteiger partial charge in [0, 0.05) is 17.8 Å². The second-order valence-electron chi connectivity index (χ2n) is 5.37. The first kappa shape index (κ1) is 18.4. The molecule has 0 aliphatic carbocycles. The Morgan fingerprint density at radius 2 is 1.56 bits per heavy atom. The number of benzene rings is 2. The second kappa shape index (κ2) is 8.82. The third kappa shape index (κ3) is 5.04. The van der Waals surface area contributed by atoms with Crippen molar-refractivity contribution in [1.82, 2.24) is 0 Å². The summed E-state index contributed by atoms with van der Waals surface area (Å²) in [5, 5.41) is 2.80. The summed E-state index contributed by atoms with van der Waals surface area (Å²) in [6.45, 7) is 2.30. The zero-order chi connectivity index (χ0) is 18.2. The van der Waals surface area contributed by atoms with Crippen LogP contribution in [0.4, 0.5) is 5.69 Å². The van der Waals surface area contributed by atoms with E-state index in [9.17, 15) is 4.79 Å². The van der Waals surface area contributed by atoms with E-state index in [0.717, 1.165) is 11.3 Å². The van der Waals surface area contributed by atoms with Crippen LogP contribution in [0.25, 0.3) is 0 Å². The minimum Gasteiger partial charge on any atom is -0.493 e. The average Bonchev–Trinajstić information content (AvgIpc) is 2.62. The molecule has 2 rings (SSSR count). The number of ether oxygens (including phenoxy) is 4. The maximum atomic E-state index is 12.1. The quantitative estimate of drug-likeness (QED) is 0.794. The molecule has 0 fully saturated rings. The minimum atomic E-state index is -0.165. The second-order valence-corrected chi connectivity index (χ2v) is 5.37. The van der Waals surface area contributed by atoms with E-state index < -0.39 is 0 Å². The lowest BCUT2D eigenvalue weighted by atomic mass is 10.2. The highest BCUT2D eigenvalue weighted by Gasteiger charge is 2.14. The van der Waals surface area contributed by atoms with Crippen molar-refractivity contribution in [1.29, 1.82) is 0 Å². The van der Waals surface area contributed by atoms with Crippen LogP contribution in [0.3, 0.4) is 0 Å². The highest BCUT2D eigenvalue weighted by molar-refractivity contribution is 5.91. The first-order chi connectivity index (χ1) is 12.1. The summed E-state index contributed by atoms with van der Waals surface area (Å²) < 4.78 is 21.4. The number of rotatable bonds is 8. The smallest absolute Gasteiger partial charge is 0.227 e. The molecule has 0 unspecified atom stereocenters. The number of hydrogen-bond acceptors (Lipinski definition) is 5. The summed E-state index contributed by atoms with van der Waals surface area (Å²) in [5.74, 6) is 2.01. The number of nitrogens with one attached hydrogen (secondary N) is 1. The molecule has 2 aromatic carbocycles. The molecule has 1 amide bonds. The number of methoxy groups -OCH3 is 3. The van der Waals surface area contributed by atoms with E-state index in [2.05, 4.69) is 5.32 Å². The monoisotopic (exact) mass is 345 g/mol. The number of carbonyl (C=O) groups excluding carboxylic acids is 1. The number of amides is 1. The lowest BCUT2D eigenvalue weighted by Crippen LogP contribution is -2.15. The van der Waals surface area contributed by atoms with E-state index in [1.807, 2.05) is 31.2 Å². The van der Waals surface area contributed by atoms with E-state index in [0.29, 0.717) is 29.5 Å². The molecule has 134 valence electrons. The van der Waals surface area contributed by atoms with Gasteiger partial charge in [0.2, 0.25) is 11.7 Å². The van der Waals surface area contributed by atoms with Gasteiger partial charge in [-0.05, 0) is 19.1 Å². The van der Waals surface area contributed by atoms with Gasteiger partial charge >= 0.3 is 0 Å². The van der Waals surface area contributed by atoms with Crippen LogP contribution < -0.4 is 24.3 Å². The molecular formula is C19H23NO5. The molecule has 0 aromatic heterocycles. The molecule has 0 atom stereocenters. The van der Waals surface area contributed by atoms with Crippen LogP contribution in [-0.4, -0.2) is 33.8 Å². The van der Waals surface area contributed by atoms with Gasteiger partial charge in [-0.1, -0.05) is 17.7 Å². The van der Waals surface area contributed by atoms with Crippen molar-refractivity contribution in [3.05, 3.63) is 42.0 Å². The lowest BCUT2D eigenvalue weighted by molar-refractivity contribution is -0.116. The fourth-order valence-electron chi connectivity index (χ4n) is 2.27. The van der Waals surface area contributed by atoms with Crippen LogP contribution in [0.1, 0.15) is 12.0 Å². The third-order valence-electron chi connectivity index (χ3n) is 3.57. The van der Waals surface area contributed by atoms with Gasteiger partial charge in [-0.25, -0.2) is 0 Å². The fraction of sp³-hybridized carbons (Fsp3) is 0.316. The Morgan fingerprint density at radius 3 is 2.08 bits per heavy atom. The molecule has 0 bridgehead atoms. The molecule has 0 spiro atoms. The van der Waals surface area contributed by atoms with Crippen molar-refractivity contribution in [3.63, 3.8) is 0 Å². The molecule has 0 radical (unpaired) electrons. The van der Waals surface area contributed by atoms with Gasteiger partial charge in [0.05, 0.1) is 34.4 Å². The summed E-state index contributed by atoms with van der Waals surface area (Å²) >= 11 is 0. The van der Waals surface area contributed by atoms with Crippen LogP contribution in [-0.2, 0) is 4.79 Å². The van der Waals surface area contributed by atoms with E-state index >= 15 is 0 Å². The molecule has 1 N–H and O–H groups in total. The van der Waals surface area contributed by atoms with E-state index in [-0.39, 0.29) is 12.3 Å². The maximum Gasteiger partial charge on any atom is 0.227 e. The van der Waals surface area contributed by atoms with Gasteiger partial charge < -0.3 is 24.3 Å². The van der Waals surface area contributed by atoms with Crippen LogP contribution in [0.15, 0.2) is 36.4 Å². The first-order valence-electron chi connectivity index (χ1n) is 7.86. The number of anilines is 1. The fourth-order valence-corrected chi connectivity index (χ4v) is 2.27. The van der Waals surface area contributed by atoms with Gasteiger partial charge in [-0.2, -0.15) is 0 Å². The number of carbonyl (C=O) groups is 1. The predicted molar refractivity (Wildman–Crippen MR) is 96.0 cm³/mol.